The topological polar surface area (TPSA) is 38.3 Å². The normalized spacial score (nSPS) is 12.6. The number of hydrogen-bond acceptors (Lipinski definition) is 2. The Morgan fingerprint density at radius 3 is 2.53 bits per heavy atom. The lowest BCUT2D eigenvalue weighted by Crippen LogP contribution is -2.40. The van der Waals surface area contributed by atoms with E-state index in [4.69, 9.17) is 4.74 Å². The first-order valence-corrected chi connectivity index (χ1v) is 6.55. The fourth-order valence-corrected chi connectivity index (χ4v) is 1.77. The summed E-state index contributed by atoms with van der Waals surface area (Å²) < 4.78 is 5.27. The lowest BCUT2D eigenvalue weighted by molar-refractivity contribution is 0.0505. The van der Waals surface area contributed by atoms with Gasteiger partial charge in [-0.2, -0.15) is 0 Å². The van der Waals surface area contributed by atoms with Gasteiger partial charge in [-0.1, -0.05) is 36.4 Å². The van der Waals surface area contributed by atoms with Crippen molar-refractivity contribution in [1.82, 2.24) is 5.32 Å². The summed E-state index contributed by atoms with van der Waals surface area (Å²) >= 11 is 0. The molecule has 1 N–H and O–H groups in total. The molecule has 1 rings (SSSR count). The fourth-order valence-electron chi connectivity index (χ4n) is 1.77. The largest absolute Gasteiger partial charge is 0.444 e. The summed E-state index contributed by atoms with van der Waals surface area (Å²) in [5.74, 6) is 0. The van der Waals surface area contributed by atoms with Crippen LogP contribution in [0.5, 0.6) is 0 Å². The molecule has 0 spiro atoms. The molecule has 0 aliphatic carbocycles. The molecule has 0 aromatic heterocycles. The maximum absolute atomic E-state index is 11.8. The predicted octanol–water partition coefficient (Wildman–Crippen LogP) is 3.70. The van der Waals surface area contributed by atoms with Gasteiger partial charge >= 0.3 is 6.09 Å². The van der Waals surface area contributed by atoms with E-state index in [9.17, 15) is 4.79 Å². The maximum Gasteiger partial charge on any atom is 0.407 e. The van der Waals surface area contributed by atoms with E-state index in [0.29, 0.717) is 6.42 Å². The Kier molecular flexibility index (Phi) is 5.61. The van der Waals surface area contributed by atoms with Crippen molar-refractivity contribution >= 4 is 6.09 Å². The van der Waals surface area contributed by atoms with E-state index < -0.39 is 5.60 Å². The van der Waals surface area contributed by atoms with Gasteiger partial charge in [-0.15, -0.1) is 6.58 Å². The number of carbonyl (C=O) groups excluding carboxylic acids is 1. The molecule has 0 heterocycles. The van der Waals surface area contributed by atoms with Gasteiger partial charge in [0.25, 0.3) is 0 Å². The van der Waals surface area contributed by atoms with E-state index in [2.05, 4.69) is 11.9 Å². The van der Waals surface area contributed by atoms with E-state index in [-0.39, 0.29) is 12.1 Å². The molecule has 3 heteroatoms. The van der Waals surface area contributed by atoms with Crippen molar-refractivity contribution in [2.45, 2.75) is 45.3 Å². The monoisotopic (exact) mass is 261 g/mol. The third-order valence-corrected chi connectivity index (χ3v) is 2.50. The molecule has 0 radical (unpaired) electrons. The minimum atomic E-state index is -0.477. The second-order valence-corrected chi connectivity index (χ2v) is 5.56. The summed E-state index contributed by atoms with van der Waals surface area (Å²) in [5.41, 5.74) is 0.709. The number of rotatable bonds is 5. The second kappa shape index (κ2) is 6.98. The molecule has 0 saturated carbocycles. The Morgan fingerprint density at radius 2 is 2.00 bits per heavy atom. The summed E-state index contributed by atoms with van der Waals surface area (Å²) in [6, 6.07) is 10.1. The van der Waals surface area contributed by atoms with Crippen molar-refractivity contribution in [3.05, 3.63) is 48.6 Å². The Balaban J connectivity index is 2.58. The average Bonchev–Trinajstić information content (AvgIpc) is 2.27. The highest BCUT2D eigenvalue weighted by Crippen LogP contribution is 2.10. The SMILES string of the molecule is C=CCC(Cc1ccccc1)NC(=O)OC(C)(C)C. The number of amides is 1. The van der Waals surface area contributed by atoms with Gasteiger partial charge in [0.15, 0.2) is 0 Å². The van der Waals surface area contributed by atoms with Gasteiger partial charge in [-0.05, 0) is 39.2 Å². The molecule has 1 aromatic carbocycles. The maximum atomic E-state index is 11.8. The molecule has 0 fully saturated rings. The highest BCUT2D eigenvalue weighted by Gasteiger charge is 2.19. The number of ether oxygens (including phenoxy) is 1. The zero-order valence-corrected chi connectivity index (χ0v) is 12.0. The summed E-state index contributed by atoms with van der Waals surface area (Å²) in [7, 11) is 0. The third-order valence-electron chi connectivity index (χ3n) is 2.50. The van der Waals surface area contributed by atoms with Crippen LogP contribution in [0.1, 0.15) is 32.8 Å². The van der Waals surface area contributed by atoms with E-state index in [1.165, 1.54) is 5.56 Å². The van der Waals surface area contributed by atoms with Crippen LogP contribution in [0.25, 0.3) is 0 Å². The van der Waals surface area contributed by atoms with Crippen LogP contribution >= 0.6 is 0 Å². The van der Waals surface area contributed by atoms with Crippen LogP contribution in [0.4, 0.5) is 4.79 Å². The lowest BCUT2D eigenvalue weighted by atomic mass is 10.0. The van der Waals surface area contributed by atoms with Gasteiger partial charge in [0.2, 0.25) is 0 Å². The number of alkyl carbamates (subject to hydrolysis) is 1. The molecule has 1 aromatic rings. The summed E-state index contributed by atoms with van der Waals surface area (Å²) in [6.45, 7) is 9.29. The van der Waals surface area contributed by atoms with Gasteiger partial charge < -0.3 is 10.1 Å². The number of benzene rings is 1. The van der Waals surface area contributed by atoms with Gasteiger partial charge in [0.1, 0.15) is 5.60 Å². The minimum Gasteiger partial charge on any atom is -0.444 e. The molecule has 1 unspecified atom stereocenters. The summed E-state index contributed by atoms with van der Waals surface area (Å²) in [6.07, 6.45) is 2.92. The molecule has 0 aliphatic heterocycles. The van der Waals surface area contributed by atoms with Crippen LogP contribution in [0.2, 0.25) is 0 Å². The van der Waals surface area contributed by atoms with Crippen LogP contribution < -0.4 is 5.32 Å². The van der Waals surface area contributed by atoms with E-state index in [1.807, 2.05) is 57.2 Å². The third kappa shape index (κ3) is 6.65. The number of nitrogens with one attached hydrogen (secondary N) is 1. The van der Waals surface area contributed by atoms with E-state index in [1.54, 1.807) is 0 Å². The molecule has 3 nitrogen and oxygen atoms in total. The standard InChI is InChI=1S/C16H23NO2/c1-5-9-14(12-13-10-7-6-8-11-13)17-15(18)19-16(2,3)4/h5-8,10-11,14H,1,9,12H2,2-4H3,(H,17,18). The van der Waals surface area contributed by atoms with E-state index >= 15 is 0 Å². The van der Waals surface area contributed by atoms with Gasteiger partial charge in [-0.25, -0.2) is 4.79 Å². The smallest absolute Gasteiger partial charge is 0.407 e. The fraction of sp³-hybridized carbons (Fsp3) is 0.438. The molecule has 0 saturated heterocycles. The molecule has 0 bridgehead atoms. The molecular weight excluding hydrogens is 238 g/mol. The highest BCUT2D eigenvalue weighted by atomic mass is 16.6. The predicted molar refractivity (Wildman–Crippen MR) is 78.1 cm³/mol. The summed E-state index contributed by atoms with van der Waals surface area (Å²) in [4.78, 5) is 11.8. The van der Waals surface area contributed by atoms with Crippen molar-refractivity contribution in [2.75, 3.05) is 0 Å². The van der Waals surface area contributed by atoms with Gasteiger partial charge in [0.05, 0.1) is 0 Å². The Bertz CT molecular complexity index is 407. The zero-order valence-electron chi connectivity index (χ0n) is 12.0. The molecular formula is C16H23NO2. The van der Waals surface area contributed by atoms with Crippen molar-refractivity contribution in [2.24, 2.45) is 0 Å². The highest BCUT2D eigenvalue weighted by molar-refractivity contribution is 5.68. The van der Waals surface area contributed by atoms with Crippen LogP contribution in [0.15, 0.2) is 43.0 Å². The second-order valence-electron chi connectivity index (χ2n) is 5.56. The molecule has 19 heavy (non-hydrogen) atoms. The Labute approximate surface area is 115 Å². The van der Waals surface area contributed by atoms with Crippen molar-refractivity contribution in [3.63, 3.8) is 0 Å². The first-order chi connectivity index (χ1) is 8.90. The Hall–Kier alpha value is -1.77. The van der Waals surface area contributed by atoms with Crippen molar-refractivity contribution in [1.29, 1.82) is 0 Å². The first kappa shape index (κ1) is 15.3. The average molecular weight is 261 g/mol. The van der Waals surface area contributed by atoms with Crippen molar-refractivity contribution in [3.8, 4) is 0 Å². The van der Waals surface area contributed by atoms with Crippen LogP contribution in [0.3, 0.4) is 0 Å². The number of hydrogen-bond donors (Lipinski definition) is 1. The molecule has 0 aliphatic rings. The van der Waals surface area contributed by atoms with Gasteiger partial charge in [-0.3, -0.25) is 0 Å². The molecule has 1 amide bonds. The van der Waals surface area contributed by atoms with Crippen LogP contribution in [-0.2, 0) is 11.2 Å². The van der Waals surface area contributed by atoms with Crippen LogP contribution in [0, 0.1) is 0 Å². The lowest BCUT2D eigenvalue weighted by Gasteiger charge is -2.23. The molecule has 104 valence electrons. The summed E-state index contributed by atoms with van der Waals surface area (Å²) in [5, 5.41) is 2.89. The quantitative estimate of drug-likeness (QED) is 0.821. The van der Waals surface area contributed by atoms with E-state index in [0.717, 1.165) is 6.42 Å². The van der Waals surface area contributed by atoms with Gasteiger partial charge in [0, 0.05) is 6.04 Å². The first-order valence-electron chi connectivity index (χ1n) is 6.55. The molecule has 1 atom stereocenters. The number of carbonyl (C=O) groups is 1. The van der Waals surface area contributed by atoms with Crippen LogP contribution in [-0.4, -0.2) is 17.7 Å². The van der Waals surface area contributed by atoms with Crippen molar-refractivity contribution < 1.29 is 9.53 Å². The Morgan fingerprint density at radius 1 is 1.37 bits per heavy atom. The minimum absolute atomic E-state index is 0.00903. The zero-order chi connectivity index (χ0) is 14.3.